The predicted molar refractivity (Wildman–Crippen MR) is 50.7 cm³/mol. The molecule has 1 heterocycles. The van der Waals surface area contributed by atoms with Crippen molar-refractivity contribution in [1.29, 1.82) is 0 Å². The van der Waals surface area contributed by atoms with Crippen LogP contribution in [0.2, 0.25) is 0 Å². The summed E-state index contributed by atoms with van der Waals surface area (Å²) >= 11 is 1.56. The van der Waals surface area contributed by atoms with Gasteiger partial charge in [0, 0.05) is 7.05 Å². The Morgan fingerprint density at radius 2 is 2.33 bits per heavy atom. The summed E-state index contributed by atoms with van der Waals surface area (Å²) in [6.45, 7) is 3.99. The van der Waals surface area contributed by atoms with Crippen LogP contribution in [-0.4, -0.2) is 18.4 Å². The fraction of sp³-hybridized carbons (Fsp3) is 0.500. The van der Waals surface area contributed by atoms with Gasteiger partial charge < -0.3 is 4.90 Å². The first-order valence-corrected chi connectivity index (χ1v) is 4.65. The van der Waals surface area contributed by atoms with Crippen LogP contribution in [0.4, 0.5) is 5.00 Å². The summed E-state index contributed by atoms with van der Waals surface area (Å²) in [5.41, 5.74) is 1.01. The number of rotatable bonds is 3. The van der Waals surface area contributed by atoms with Crippen molar-refractivity contribution in [2.45, 2.75) is 20.3 Å². The van der Waals surface area contributed by atoms with E-state index in [1.54, 1.807) is 23.3 Å². The number of hydrogen-bond acceptors (Lipinski definition) is 3. The molecule has 1 aromatic rings. The second kappa shape index (κ2) is 3.67. The van der Waals surface area contributed by atoms with E-state index >= 15 is 0 Å². The second-order valence-corrected chi connectivity index (χ2v) is 3.74. The Labute approximate surface area is 76.0 Å². The zero-order valence-corrected chi connectivity index (χ0v) is 8.31. The highest BCUT2D eigenvalue weighted by Gasteiger charge is 2.10. The summed E-state index contributed by atoms with van der Waals surface area (Å²) in [6, 6.07) is 0. The van der Waals surface area contributed by atoms with Crippen LogP contribution in [0.15, 0.2) is 0 Å². The number of nitrogens with zero attached hydrogens (tertiary/aromatic N) is 2. The molecule has 1 aromatic heterocycles. The average molecular weight is 184 g/mol. The van der Waals surface area contributed by atoms with Gasteiger partial charge in [-0.15, -0.1) is 11.3 Å². The SMILES string of the molecule is CCc1nc(C)sc1N(C)C=O. The minimum atomic E-state index is 0.812. The maximum absolute atomic E-state index is 10.5. The molecule has 0 atom stereocenters. The van der Waals surface area contributed by atoms with E-state index in [9.17, 15) is 4.79 Å². The Hall–Kier alpha value is -0.900. The molecular formula is C8H12N2OS. The molecule has 0 aliphatic rings. The van der Waals surface area contributed by atoms with Gasteiger partial charge in [-0.25, -0.2) is 4.98 Å². The molecule has 0 aliphatic heterocycles. The van der Waals surface area contributed by atoms with Gasteiger partial charge in [0.25, 0.3) is 0 Å². The van der Waals surface area contributed by atoms with Crippen molar-refractivity contribution in [2.75, 3.05) is 11.9 Å². The Kier molecular flexibility index (Phi) is 2.81. The minimum absolute atomic E-state index is 0.812. The number of amides is 1. The maximum Gasteiger partial charge on any atom is 0.214 e. The summed E-state index contributed by atoms with van der Waals surface area (Å²) in [7, 11) is 1.75. The van der Waals surface area contributed by atoms with Gasteiger partial charge in [-0.05, 0) is 13.3 Å². The quantitative estimate of drug-likeness (QED) is 0.669. The highest BCUT2D eigenvalue weighted by Crippen LogP contribution is 2.26. The van der Waals surface area contributed by atoms with E-state index in [4.69, 9.17) is 0 Å². The van der Waals surface area contributed by atoms with Crippen molar-refractivity contribution >= 4 is 22.7 Å². The molecule has 0 spiro atoms. The largest absolute Gasteiger partial charge is 0.308 e. The molecule has 4 heteroatoms. The first kappa shape index (κ1) is 9.19. The van der Waals surface area contributed by atoms with E-state index < -0.39 is 0 Å². The molecule has 0 aromatic carbocycles. The summed E-state index contributed by atoms with van der Waals surface area (Å²) in [6.07, 6.45) is 1.68. The zero-order chi connectivity index (χ0) is 9.14. The second-order valence-electron chi connectivity index (χ2n) is 2.55. The molecule has 66 valence electrons. The van der Waals surface area contributed by atoms with Gasteiger partial charge in [0.05, 0.1) is 10.7 Å². The predicted octanol–water partition coefficient (Wildman–Crippen LogP) is 1.61. The molecule has 1 amide bonds. The Bertz CT molecular complexity index is 283. The molecule has 0 N–H and O–H groups in total. The van der Waals surface area contributed by atoms with Crippen molar-refractivity contribution in [1.82, 2.24) is 4.98 Å². The van der Waals surface area contributed by atoms with Crippen molar-refractivity contribution in [3.8, 4) is 0 Å². The van der Waals surface area contributed by atoms with Gasteiger partial charge in [0.2, 0.25) is 6.41 Å². The number of hydrogen-bond donors (Lipinski definition) is 0. The van der Waals surface area contributed by atoms with Gasteiger partial charge in [-0.3, -0.25) is 4.79 Å². The molecule has 0 unspecified atom stereocenters. The molecule has 0 saturated heterocycles. The van der Waals surface area contributed by atoms with Crippen LogP contribution in [0.5, 0.6) is 0 Å². The van der Waals surface area contributed by atoms with Crippen LogP contribution >= 0.6 is 11.3 Å². The van der Waals surface area contributed by atoms with E-state index in [1.807, 2.05) is 13.8 Å². The highest BCUT2D eigenvalue weighted by atomic mass is 32.1. The number of aromatic nitrogens is 1. The van der Waals surface area contributed by atoms with Gasteiger partial charge in [0.1, 0.15) is 5.00 Å². The number of carbonyl (C=O) groups is 1. The monoisotopic (exact) mass is 184 g/mol. The topological polar surface area (TPSA) is 33.2 Å². The van der Waals surface area contributed by atoms with Gasteiger partial charge >= 0.3 is 0 Å². The average Bonchev–Trinajstić information content (AvgIpc) is 2.45. The van der Waals surface area contributed by atoms with Gasteiger partial charge in [-0.2, -0.15) is 0 Å². The summed E-state index contributed by atoms with van der Waals surface area (Å²) < 4.78 is 0. The lowest BCUT2D eigenvalue weighted by atomic mass is 10.3. The third kappa shape index (κ3) is 1.64. The Morgan fingerprint density at radius 3 is 2.83 bits per heavy atom. The Morgan fingerprint density at radius 1 is 1.67 bits per heavy atom. The normalized spacial score (nSPS) is 9.92. The molecule has 12 heavy (non-hydrogen) atoms. The molecule has 0 saturated carbocycles. The molecule has 0 radical (unpaired) electrons. The van der Waals surface area contributed by atoms with Crippen LogP contribution < -0.4 is 4.90 Å². The minimum Gasteiger partial charge on any atom is -0.308 e. The summed E-state index contributed by atoms with van der Waals surface area (Å²) in [5, 5.41) is 1.97. The van der Waals surface area contributed by atoms with E-state index in [1.165, 1.54) is 0 Å². The maximum atomic E-state index is 10.5. The lowest BCUT2D eigenvalue weighted by Gasteiger charge is -2.07. The van der Waals surface area contributed by atoms with Crippen molar-refractivity contribution in [3.63, 3.8) is 0 Å². The standard InChI is InChI=1S/C8H12N2OS/c1-4-7-8(10(3)5-11)12-6(2)9-7/h5H,4H2,1-3H3. The number of aryl methyl sites for hydroxylation is 2. The lowest BCUT2D eigenvalue weighted by molar-refractivity contribution is -0.107. The van der Waals surface area contributed by atoms with Crippen molar-refractivity contribution in [3.05, 3.63) is 10.7 Å². The highest BCUT2D eigenvalue weighted by molar-refractivity contribution is 7.16. The van der Waals surface area contributed by atoms with E-state index in [-0.39, 0.29) is 0 Å². The molecule has 0 bridgehead atoms. The van der Waals surface area contributed by atoms with Crippen LogP contribution in [0.25, 0.3) is 0 Å². The van der Waals surface area contributed by atoms with Crippen LogP contribution in [-0.2, 0) is 11.2 Å². The molecule has 1 rings (SSSR count). The van der Waals surface area contributed by atoms with E-state index in [0.29, 0.717) is 0 Å². The third-order valence-corrected chi connectivity index (χ3v) is 2.70. The van der Waals surface area contributed by atoms with Crippen LogP contribution in [0.3, 0.4) is 0 Å². The lowest BCUT2D eigenvalue weighted by Crippen LogP contribution is -2.13. The summed E-state index contributed by atoms with van der Waals surface area (Å²) in [5.74, 6) is 0. The zero-order valence-electron chi connectivity index (χ0n) is 7.50. The Balaban J connectivity index is 3.03. The molecule has 0 aliphatic carbocycles. The fourth-order valence-electron chi connectivity index (χ4n) is 1.01. The summed E-state index contributed by atoms with van der Waals surface area (Å²) in [4.78, 5) is 16.4. The number of thiazole rings is 1. The van der Waals surface area contributed by atoms with Gasteiger partial charge in [0.15, 0.2) is 0 Å². The molecule has 0 fully saturated rings. The van der Waals surface area contributed by atoms with Crippen molar-refractivity contribution in [2.24, 2.45) is 0 Å². The first-order chi connectivity index (χ1) is 5.69. The first-order valence-electron chi connectivity index (χ1n) is 3.83. The smallest absolute Gasteiger partial charge is 0.214 e. The molecule has 3 nitrogen and oxygen atoms in total. The van der Waals surface area contributed by atoms with E-state index in [2.05, 4.69) is 4.98 Å². The number of carbonyl (C=O) groups excluding carboxylic acids is 1. The third-order valence-electron chi connectivity index (χ3n) is 1.60. The van der Waals surface area contributed by atoms with E-state index in [0.717, 1.165) is 28.5 Å². The van der Waals surface area contributed by atoms with Crippen LogP contribution in [0, 0.1) is 6.92 Å². The van der Waals surface area contributed by atoms with Crippen LogP contribution in [0.1, 0.15) is 17.6 Å². The number of anilines is 1. The molecular weight excluding hydrogens is 172 g/mol. The van der Waals surface area contributed by atoms with Crippen molar-refractivity contribution < 1.29 is 4.79 Å². The van der Waals surface area contributed by atoms with Gasteiger partial charge in [-0.1, -0.05) is 6.92 Å². The fourth-order valence-corrected chi connectivity index (χ4v) is 1.94.